The molecule has 0 radical (unpaired) electrons. The van der Waals surface area contributed by atoms with Gasteiger partial charge in [0.2, 0.25) is 13.6 Å². The van der Waals surface area contributed by atoms with Crippen LogP contribution in [0.4, 0.5) is 14.4 Å². The predicted molar refractivity (Wildman–Crippen MR) is 174 cm³/mol. The third-order valence-corrected chi connectivity index (χ3v) is 6.42. The molecule has 4 rings (SSSR count). The molecule has 0 saturated carbocycles. The van der Waals surface area contributed by atoms with Gasteiger partial charge < -0.3 is 42.6 Å². The first kappa shape index (κ1) is 36.7. The summed E-state index contributed by atoms with van der Waals surface area (Å²) in [6.07, 6.45) is -0.970. The lowest BCUT2D eigenvalue weighted by Crippen LogP contribution is -2.15. The monoisotopic (exact) mass is 700 g/mol. The van der Waals surface area contributed by atoms with Gasteiger partial charge in [0, 0.05) is 17.7 Å². The first-order valence-corrected chi connectivity index (χ1v) is 14.7. The minimum Gasteiger partial charge on any atom is -0.425 e. The van der Waals surface area contributed by atoms with Crippen molar-refractivity contribution in [2.75, 3.05) is 13.6 Å². The quantitative estimate of drug-likeness (QED) is 0.0477. The van der Waals surface area contributed by atoms with Gasteiger partial charge >= 0.3 is 36.4 Å². The fraction of sp³-hybridized carbons (Fsp3) is 0.111. The largest absolute Gasteiger partial charge is 0.519 e. The molecular formula is C36H28O15. The fourth-order valence-corrected chi connectivity index (χ4v) is 4.12. The van der Waals surface area contributed by atoms with Crippen LogP contribution >= 0.6 is 0 Å². The molecule has 4 aromatic carbocycles. The Labute approximate surface area is 289 Å². The first-order chi connectivity index (χ1) is 24.6. The maximum absolute atomic E-state index is 12.8. The molecule has 0 aliphatic rings. The molecule has 0 aliphatic heterocycles. The summed E-state index contributed by atoms with van der Waals surface area (Å²) in [7, 11) is 0. The molecule has 0 bridgehead atoms. The van der Waals surface area contributed by atoms with Crippen LogP contribution in [0.15, 0.2) is 104 Å². The molecule has 15 nitrogen and oxygen atoms in total. The van der Waals surface area contributed by atoms with Crippen molar-refractivity contribution in [1.82, 2.24) is 0 Å². The van der Waals surface area contributed by atoms with E-state index >= 15 is 0 Å². The summed E-state index contributed by atoms with van der Waals surface area (Å²) in [6, 6.07) is 19.1. The summed E-state index contributed by atoms with van der Waals surface area (Å²) in [5.74, 6) is -1.49. The van der Waals surface area contributed by atoms with Crippen molar-refractivity contribution < 1.29 is 71.4 Å². The molecule has 0 N–H and O–H groups in total. The van der Waals surface area contributed by atoms with Crippen molar-refractivity contribution in [2.24, 2.45) is 0 Å². The Kier molecular flexibility index (Phi) is 12.8. The second kappa shape index (κ2) is 17.8. The van der Waals surface area contributed by atoms with E-state index in [0.29, 0.717) is 17.4 Å². The van der Waals surface area contributed by atoms with Crippen LogP contribution in [-0.2, 0) is 35.0 Å². The number of hydrogen-bond donors (Lipinski definition) is 0. The lowest BCUT2D eigenvalue weighted by molar-refractivity contribution is -0.147. The van der Waals surface area contributed by atoms with E-state index in [1.165, 1.54) is 48.5 Å². The summed E-state index contributed by atoms with van der Waals surface area (Å²) in [4.78, 5) is 70.7. The van der Waals surface area contributed by atoms with Gasteiger partial charge in [-0.1, -0.05) is 32.2 Å². The van der Waals surface area contributed by atoms with Gasteiger partial charge in [-0.3, -0.25) is 0 Å². The maximum atomic E-state index is 12.8. The highest BCUT2D eigenvalue weighted by atomic mass is 16.8. The van der Waals surface area contributed by atoms with Crippen LogP contribution in [0.25, 0.3) is 10.8 Å². The standard InChI is InChI=1S/C36H28O15/c1-4-28-29-17-16-27(47-33(39)22-7-10-24(11-8-22)48-34(40)45-20-43-31(37)5-2)19-23(29)9-18-30(28)51-36(42)50-26-14-12-25(13-15-26)49-35(41)46-21-44-32(38)6-3/h5-19H,2-4,20-21H2,1H3. The number of hydrogen-bond acceptors (Lipinski definition) is 15. The van der Waals surface area contributed by atoms with E-state index in [4.69, 9.17) is 23.7 Å². The molecule has 0 atom stereocenters. The van der Waals surface area contributed by atoms with Crippen molar-refractivity contribution in [2.45, 2.75) is 13.3 Å². The van der Waals surface area contributed by atoms with E-state index in [-0.39, 0.29) is 34.3 Å². The van der Waals surface area contributed by atoms with Gasteiger partial charge in [0.15, 0.2) is 0 Å². The predicted octanol–water partition coefficient (Wildman–Crippen LogP) is 6.60. The molecule has 0 amide bonds. The second-order valence-electron chi connectivity index (χ2n) is 9.68. The Morgan fingerprint density at radius 3 is 1.55 bits per heavy atom. The number of aryl methyl sites for hydroxylation is 1. The molecule has 0 saturated heterocycles. The van der Waals surface area contributed by atoms with Crippen LogP contribution in [0.5, 0.6) is 28.7 Å². The van der Waals surface area contributed by atoms with Crippen LogP contribution in [0, 0.1) is 0 Å². The average Bonchev–Trinajstić information content (AvgIpc) is 3.12. The van der Waals surface area contributed by atoms with E-state index in [0.717, 1.165) is 17.5 Å². The van der Waals surface area contributed by atoms with Gasteiger partial charge in [0.25, 0.3) is 0 Å². The number of carbonyl (C=O) groups excluding carboxylic acids is 6. The van der Waals surface area contributed by atoms with E-state index in [1.807, 2.05) is 6.92 Å². The van der Waals surface area contributed by atoms with Crippen molar-refractivity contribution in [3.8, 4) is 28.7 Å². The third kappa shape index (κ3) is 10.9. The minimum absolute atomic E-state index is 0.0679. The maximum Gasteiger partial charge on any atom is 0.519 e. The van der Waals surface area contributed by atoms with E-state index < -0.39 is 50.0 Å². The molecule has 15 heteroatoms. The SMILES string of the molecule is C=CC(=O)OCOC(=O)Oc1ccc(OC(=O)Oc2ccc3cc(OC(=O)c4ccc(OC(=O)OCOC(=O)C=C)cc4)ccc3c2CC)cc1. The zero-order valence-electron chi connectivity index (χ0n) is 26.8. The Bertz CT molecular complexity index is 1950. The molecule has 0 aliphatic carbocycles. The first-order valence-electron chi connectivity index (χ1n) is 14.7. The molecule has 4 aromatic rings. The lowest BCUT2D eigenvalue weighted by atomic mass is 10.0. The number of esters is 3. The molecule has 0 fully saturated rings. The van der Waals surface area contributed by atoms with Gasteiger partial charge in [-0.2, -0.15) is 0 Å². The van der Waals surface area contributed by atoms with Gasteiger partial charge in [-0.25, -0.2) is 28.8 Å². The highest BCUT2D eigenvalue weighted by Gasteiger charge is 2.16. The van der Waals surface area contributed by atoms with Crippen LogP contribution < -0.4 is 23.7 Å². The molecule has 0 heterocycles. The van der Waals surface area contributed by atoms with Crippen molar-refractivity contribution in [1.29, 1.82) is 0 Å². The summed E-state index contributed by atoms with van der Waals surface area (Å²) >= 11 is 0. The van der Waals surface area contributed by atoms with Crippen molar-refractivity contribution >= 4 is 47.1 Å². The zero-order valence-corrected chi connectivity index (χ0v) is 26.8. The van der Waals surface area contributed by atoms with Gasteiger partial charge in [0.1, 0.15) is 28.7 Å². The van der Waals surface area contributed by atoms with E-state index in [2.05, 4.69) is 32.1 Å². The fourth-order valence-electron chi connectivity index (χ4n) is 4.12. The third-order valence-electron chi connectivity index (χ3n) is 6.42. The van der Waals surface area contributed by atoms with Gasteiger partial charge in [-0.15, -0.1) is 0 Å². The summed E-state index contributed by atoms with van der Waals surface area (Å²) in [5, 5.41) is 1.44. The Hall–Kier alpha value is -7.16. The normalized spacial score (nSPS) is 10.1. The van der Waals surface area contributed by atoms with E-state index in [9.17, 15) is 28.8 Å². The number of fused-ring (bicyclic) bond motifs is 1. The van der Waals surface area contributed by atoms with Crippen molar-refractivity contribution in [3.63, 3.8) is 0 Å². The number of benzene rings is 4. The van der Waals surface area contributed by atoms with Crippen LogP contribution in [0.1, 0.15) is 22.8 Å². The Balaban J connectivity index is 1.31. The summed E-state index contributed by atoms with van der Waals surface area (Å²) in [6.45, 7) is 6.98. The highest BCUT2D eigenvalue weighted by Crippen LogP contribution is 2.32. The Morgan fingerprint density at radius 2 is 1.04 bits per heavy atom. The van der Waals surface area contributed by atoms with Crippen LogP contribution in [0.2, 0.25) is 0 Å². The molecule has 262 valence electrons. The lowest BCUT2D eigenvalue weighted by Gasteiger charge is -2.13. The molecule has 0 aromatic heterocycles. The van der Waals surface area contributed by atoms with Gasteiger partial charge in [0.05, 0.1) is 5.56 Å². The second-order valence-corrected chi connectivity index (χ2v) is 9.68. The number of rotatable bonds is 13. The number of carbonyl (C=O) groups is 6. The van der Waals surface area contributed by atoms with Crippen LogP contribution in [-0.4, -0.2) is 50.0 Å². The number of ether oxygens (including phenoxy) is 9. The summed E-state index contributed by atoms with van der Waals surface area (Å²) < 4.78 is 44.4. The molecule has 51 heavy (non-hydrogen) atoms. The van der Waals surface area contributed by atoms with Crippen molar-refractivity contribution in [3.05, 3.63) is 115 Å². The average molecular weight is 701 g/mol. The van der Waals surface area contributed by atoms with Gasteiger partial charge in [-0.05, 0) is 83.9 Å². The molecule has 0 unspecified atom stereocenters. The zero-order chi connectivity index (χ0) is 36.8. The molecular weight excluding hydrogens is 672 g/mol. The van der Waals surface area contributed by atoms with Crippen LogP contribution in [0.3, 0.4) is 0 Å². The topological polar surface area (TPSA) is 185 Å². The molecule has 0 spiro atoms. The minimum atomic E-state index is -1.12. The smallest absolute Gasteiger partial charge is 0.425 e. The highest BCUT2D eigenvalue weighted by molar-refractivity contribution is 5.93. The van der Waals surface area contributed by atoms with E-state index in [1.54, 1.807) is 30.3 Å². The summed E-state index contributed by atoms with van der Waals surface area (Å²) in [5.41, 5.74) is 0.858. The Morgan fingerprint density at radius 1 is 0.549 bits per heavy atom.